The van der Waals surface area contributed by atoms with Gasteiger partial charge in [0.25, 0.3) is 0 Å². The smallest absolute Gasteiger partial charge is 0.101 e. The van der Waals surface area contributed by atoms with Crippen molar-refractivity contribution in [2.75, 3.05) is 6.54 Å². The van der Waals surface area contributed by atoms with E-state index in [0.717, 1.165) is 35.3 Å². The number of fused-ring (bicyclic) bond motifs is 1. The summed E-state index contributed by atoms with van der Waals surface area (Å²) < 4.78 is 2.05. The Morgan fingerprint density at radius 3 is 2.24 bits per heavy atom. The lowest BCUT2D eigenvalue weighted by atomic mass is 10.00. The number of aromatic nitrogens is 2. The molecule has 0 amide bonds. The normalized spacial score (nSPS) is 11.1. The molecule has 0 fully saturated rings. The van der Waals surface area contributed by atoms with Crippen LogP contribution >= 0.6 is 0 Å². The summed E-state index contributed by atoms with van der Waals surface area (Å²) in [6.07, 6.45) is 1.94. The quantitative estimate of drug-likeness (QED) is 0.583. The van der Waals surface area contributed by atoms with Crippen LogP contribution in [0.4, 0.5) is 0 Å². The van der Waals surface area contributed by atoms with Gasteiger partial charge in [0.15, 0.2) is 0 Å². The molecule has 0 radical (unpaired) electrons. The summed E-state index contributed by atoms with van der Waals surface area (Å²) in [6, 6.07) is 27.2. The Balaban J connectivity index is 1.99. The Morgan fingerprint density at radius 1 is 0.800 bits per heavy atom. The van der Waals surface area contributed by atoms with Gasteiger partial charge in [-0.2, -0.15) is 5.10 Å². The van der Waals surface area contributed by atoms with E-state index in [0.29, 0.717) is 6.54 Å². The third-order valence-electron chi connectivity index (χ3n) is 4.49. The molecule has 0 bridgehead atoms. The molecule has 3 nitrogen and oxygen atoms in total. The van der Waals surface area contributed by atoms with Crippen molar-refractivity contribution in [2.45, 2.75) is 12.8 Å². The summed E-state index contributed by atoms with van der Waals surface area (Å²) in [5.41, 5.74) is 11.4. The number of rotatable bonds is 5. The molecule has 0 aliphatic heterocycles. The fourth-order valence-electron chi connectivity index (χ4n) is 3.31. The average Bonchev–Trinajstić information content (AvgIpc) is 3.08. The van der Waals surface area contributed by atoms with E-state index in [2.05, 4.69) is 54.6 Å². The maximum Gasteiger partial charge on any atom is 0.101 e. The van der Waals surface area contributed by atoms with Crippen LogP contribution in [0.1, 0.15) is 12.0 Å². The molecule has 4 rings (SSSR count). The van der Waals surface area contributed by atoms with Crippen LogP contribution in [0.3, 0.4) is 0 Å². The fourth-order valence-corrected chi connectivity index (χ4v) is 3.31. The third-order valence-corrected chi connectivity index (χ3v) is 4.49. The van der Waals surface area contributed by atoms with Gasteiger partial charge in [-0.1, -0.05) is 60.7 Å². The fraction of sp³-hybridized carbons (Fsp3) is 0.136. The van der Waals surface area contributed by atoms with Crippen molar-refractivity contribution in [3.63, 3.8) is 0 Å². The van der Waals surface area contributed by atoms with Crippen molar-refractivity contribution < 1.29 is 0 Å². The first-order valence-electron chi connectivity index (χ1n) is 8.70. The highest BCUT2D eigenvalue weighted by molar-refractivity contribution is 5.96. The number of nitrogens with zero attached hydrogens (tertiary/aromatic N) is 2. The van der Waals surface area contributed by atoms with E-state index >= 15 is 0 Å². The van der Waals surface area contributed by atoms with Crippen LogP contribution in [0.5, 0.6) is 0 Å². The first kappa shape index (κ1) is 15.6. The van der Waals surface area contributed by atoms with Crippen LogP contribution in [0.15, 0.2) is 78.9 Å². The molecule has 124 valence electrons. The number of aryl methyl sites for hydroxylation is 1. The minimum absolute atomic E-state index is 0.698. The van der Waals surface area contributed by atoms with E-state index in [1.165, 1.54) is 10.9 Å². The van der Waals surface area contributed by atoms with E-state index in [9.17, 15) is 0 Å². The molecular formula is C22H21N3. The van der Waals surface area contributed by atoms with Crippen molar-refractivity contribution in [2.24, 2.45) is 5.73 Å². The molecule has 0 atom stereocenters. The molecule has 3 heteroatoms. The Labute approximate surface area is 147 Å². The summed E-state index contributed by atoms with van der Waals surface area (Å²) in [5, 5.41) is 6.21. The first-order chi connectivity index (χ1) is 12.4. The summed E-state index contributed by atoms with van der Waals surface area (Å²) in [4.78, 5) is 0. The maximum absolute atomic E-state index is 5.75. The Morgan fingerprint density at radius 2 is 1.52 bits per heavy atom. The molecule has 0 aliphatic carbocycles. The van der Waals surface area contributed by atoms with Gasteiger partial charge in [0, 0.05) is 10.9 Å². The lowest BCUT2D eigenvalue weighted by Crippen LogP contribution is -2.00. The minimum atomic E-state index is 0.698. The average molecular weight is 327 g/mol. The SMILES string of the molecule is NCCCc1cccc2c1c(-c1ccccc1)nn2-c1ccccc1. The number of benzene rings is 3. The minimum Gasteiger partial charge on any atom is -0.330 e. The predicted octanol–water partition coefficient (Wildman–Crippen LogP) is 4.58. The van der Waals surface area contributed by atoms with Gasteiger partial charge >= 0.3 is 0 Å². The van der Waals surface area contributed by atoms with E-state index < -0.39 is 0 Å². The van der Waals surface area contributed by atoms with Gasteiger partial charge < -0.3 is 5.73 Å². The van der Waals surface area contributed by atoms with Gasteiger partial charge in [-0.15, -0.1) is 0 Å². The summed E-state index contributed by atoms with van der Waals surface area (Å²) in [6.45, 7) is 0.698. The second-order valence-corrected chi connectivity index (χ2v) is 6.17. The zero-order chi connectivity index (χ0) is 17.1. The second-order valence-electron chi connectivity index (χ2n) is 6.17. The number of hydrogen-bond donors (Lipinski definition) is 1. The predicted molar refractivity (Wildman–Crippen MR) is 104 cm³/mol. The molecule has 1 aromatic heterocycles. The van der Waals surface area contributed by atoms with Crippen molar-refractivity contribution in [3.05, 3.63) is 84.4 Å². The summed E-state index contributed by atoms with van der Waals surface area (Å²) in [7, 11) is 0. The van der Waals surface area contributed by atoms with Crippen molar-refractivity contribution in [1.82, 2.24) is 9.78 Å². The van der Waals surface area contributed by atoms with Crippen molar-refractivity contribution in [3.8, 4) is 16.9 Å². The molecule has 0 spiro atoms. The topological polar surface area (TPSA) is 43.8 Å². The highest BCUT2D eigenvalue weighted by Gasteiger charge is 2.16. The molecule has 25 heavy (non-hydrogen) atoms. The van der Waals surface area contributed by atoms with Crippen LogP contribution < -0.4 is 5.73 Å². The van der Waals surface area contributed by atoms with E-state index in [1.54, 1.807) is 0 Å². The van der Waals surface area contributed by atoms with Gasteiger partial charge in [0.1, 0.15) is 5.69 Å². The van der Waals surface area contributed by atoms with Crippen LogP contribution in [0, 0.1) is 0 Å². The first-order valence-corrected chi connectivity index (χ1v) is 8.70. The number of hydrogen-bond acceptors (Lipinski definition) is 2. The van der Waals surface area contributed by atoms with Gasteiger partial charge in [0.05, 0.1) is 11.2 Å². The molecule has 0 unspecified atom stereocenters. The highest BCUT2D eigenvalue weighted by atomic mass is 15.3. The lowest BCUT2D eigenvalue weighted by Gasteiger charge is -2.06. The van der Waals surface area contributed by atoms with Crippen LogP contribution in [0.25, 0.3) is 27.8 Å². The lowest BCUT2D eigenvalue weighted by molar-refractivity contribution is 0.837. The Hall–Kier alpha value is -2.91. The second kappa shape index (κ2) is 6.91. The number of para-hydroxylation sites is 1. The zero-order valence-corrected chi connectivity index (χ0v) is 14.1. The zero-order valence-electron chi connectivity index (χ0n) is 14.1. The van der Waals surface area contributed by atoms with E-state index in [1.807, 2.05) is 28.9 Å². The van der Waals surface area contributed by atoms with Crippen LogP contribution in [-0.2, 0) is 6.42 Å². The van der Waals surface area contributed by atoms with Crippen LogP contribution in [0.2, 0.25) is 0 Å². The Kier molecular flexibility index (Phi) is 4.32. The Bertz CT molecular complexity index is 972. The van der Waals surface area contributed by atoms with Gasteiger partial charge in [-0.3, -0.25) is 0 Å². The van der Waals surface area contributed by atoms with Gasteiger partial charge in [-0.05, 0) is 43.1 Å². The summed E-state index contributed by atoms with van der Waals surface area (Å²) in [5.74, 6) is 0. The highest BCUT2D eigenvalue weighted by Crippen LogP contribution is 2.32. The molecule has 0 saturated heterocycles. The maximum atomic E-state index is 5.75. The van der Waals surface area contributed by atoms with Gasteiger partial charge in [0.2, 0.25) is 0 Å². The number of nitrogens with two attached hydrogens (primary N) is 1. The monoisotopic (exact) mass is 327 g/mol. The molecule has 3 aromatic carbocycles. The van der Waals surface area contributed by atoms with Crippen molar-refractivity contribution in [1.29, 1.82) is 0 Å². The van der Waals surface area contributed by atoms with E-state index in [-0.39, 0.29) is 0 Å². The van der Waals surface area contributed by atoms with Crippen LogP contribution in [-0.4, -0.2) is 16.3 Å². The molecule has 1 heterocycles. The van der Waals surface area contributed by atoms with Crippen molar-refractivity contribution >= 4 is 10.9 Å². The molecule has 4 aromatic rings. The molecule has 2 N–H and O–H groups in total. The standard InChI is InChI=1S/C22H21N3/c23-16-8-12-17-11-7-15-20-21(17)22(18-9-3-1-4-10-18)24-25(20)19-13-5-2-6-14-19/h1-7,9-11,13-15H,8,12,16,23H2. The third kappa shape index (κ3) is 2.94. The summed E-state index contributed by atoms with van der Waals surface area (Å²) >= 11 is 0. The molecule has 0 aliphatic rings. The molecule has 0 saturated carbocycles. The largest absolute Gasteiger partial charge is 0.330 e. The van der Waals surface area contributed by atoms with E-state index in [4.69, 9.17) is 10.8 Å². The van der Waals surface area contributed by atoms with Gasteiger partial charge in [-0.25, -0.2) is 4.68 Å². The molecular weight excluding hydrogens is 306 g/mol.